The number of amides is 4. The summed E-state index contributed by atoms with van der Waals surface area (Å²) in [5.74, 6) is -2.10. The number of nitrogens with one attached hydrogen (secondary N) is 1. The number of halogens is 1. The molecule has 0 saturated carbocycles. The number of rotatable bonds is 7. The fraction of sp³-hybridized carbons (Fsp3) is 0.0769. The topological polar surface area (TPSA) is 142 Å². The van der Waals surface area contributed by atoms with Crippen molar-refractivity contribution < 1.29 is 38.9 Å². The van der Waals surface area contributed by atoms with Crippen molar-refractivity contribution in [2.24, 2.45) is 0 Å². The van der Waals surface area contributed by atoms with E-state index in [1.165, 1.54) is 49.6 Å². The molecule has 1 heterocycles. The van der Waals surface area contributed by atoms with E-state index < -0.39 is 23.8 Å². The van der Waals surface area contributed by atoms with E-state index in [2.05, 4.69) is 21.2 Å². The van der Waals surface area contributed by atoms with Gasteiger partial charge in [-0.1, -0.05) is 12.1 Å². The third-order valence-corrected chi connectivity index (χ3v) is 5.95. The molecular formula is C26H19BrN2O8. The number of carboxylic acid groups (broad SMARTS) is 1. The number of hydrogen-bond acceptors (Lipinski definition) is 7. The zero-order valence-electron chi connectivity index (χ0n) is 19.2. The number of barbiturate groups is 1. The molecule has 3 aromatic carbocycles. The summed E-state index contributed by atoms with van der Waals surface area (Å²) in [6.07, 6.45) is 1.32. The highest BCUT2D eigenvalue weighted by atomic mass is 79.9. The lowest BCUT2D eigenvalue weighted by molar-refractivity contribution is -0.122. The van der Waals surface area contributed by atoms with Gasteiger partial charge in [-0.2, -0.15) is 0 Å². The van der Waals surface area contributed by atoms with Gasteiger partial charge in [-0.25, -0.2) is 14.5 Å². The molecule has 4 amide bonds. The minimum atomic E-state index is -1.03. The summed E-state index contributed by atoms with van der Waals surface area (Å²) in [7, 11) is 1.43. The number of ether oxygens (including phenoxy) is 2. The predicted octanol–water partition coefficient (Wildman–Crippen LogP) is 4.11. The van der Waals surface area contributed by atoms with Crippen LogP contribution in [0.2, 0.25) is 0 Å². The van der Waals surface area contributed by atoms with Crippen molar-refractivity contribution in [2.45, 2.75) is 6.61 Å². The van der Waals surface area contributed by atoms with Crippen molar-refractivity contribution in [3.05, 3.63) is 87.4 Å². The number of urea groups is 1. The number of nitrogens with zero attached hydrogens (tertiary/aromatic N) is 1. The smallest absolute Gasteiger partial charge is 0.335 e. The number of aromatic hydroxyl groups is 1. The van der Waals surface area contributed by atoms with Crippen molar-refractivity contribution in [1.82, 2.24) is 5.32 Å². The fourth-order valence-electron chi connectivity index (χ4n) is 3.52. The Morgan fingerprint density at radius 1 is 1.05 bits per heavy atom. The average molecular weight is 567 g/mol. The van der Waals surface area contributed by atoms with E-state index in [9.17, 15) is 24.3 Å². The minimum absolute atomic E-state index is 0.0445. The molecule has 4 rings (SSSR count). The molecule has 0 aromatic heterocycles. The van der Waals surface area contributed by atoms with Crippen molar-refractivity contribution in [3.8, 4) is 17.2 Å². The second-order valence-electron chi connectivity index (χ2n) is 7.80. The fourth-order valence-corrected chi connectivity index (χ4v) is 4.10. The van der Waals surface area contributed by atoms with Crippen molar-refractivity contribution >= 4 is 51.5 Å². The van der Waals surface area contributed by atoms with Gasteiger partial charge < -0.3 is 19.7 Å². The Bertz CT molecular complexity index is 1430. The van der Waals surface area contributed by atoms with Crippen LogP contribution in [0.5, 0.6) is 17.2 Å². The SMILES string of the molecule is COc1cc(/C=C2\C(=O)NC(=O)N(c3ccc(O)cc3)C2=O)cc(Br)c1OCc1ccc(C(=O)O)cc1. The van der Waals surface area contributed by atoms with Gasteiger partial charge in [0.25, 0.3) is 11.8 Å². The zero-order valence-corrected chi connectivity index (χ0v) is 20.8. The Hall–Kier alpha value is -4.64. The number of carbonyl (C=O) groups excluding carboxylic acids is 3. The number of carbonyl (C=O) groups is 4. The lowest BCUT2D eigenvalue weighted by atomic mass is 10.1. The minimum Gasteiger partial charge on any atom is -0.508 e. The molecule has 3 N–H and O–H groups in total. The standard InChI is InChI=1S/C26H19BrN2O8/c1-36-21-12-15(11-20(27)22(21)37-13-14-2-4-16(5-3-14)25(33)34)10-19-23(31)28-26(35)29(24(19)32)17-6-8-18(30)9-7-17/h2-12,30H,13H2,1H3,(H,33,34)(H,28,31,35)/b19-10+. The van der Waals surface area contributed by atoms with E-state index in [0.717, 1.165) is 10.5 Å². The molecule has 1 aliphatic rings. The first kappa shape index (κ1) is 25.5. The van der Waals surface area contributed by atoms with Crippen LogP contribution in [-0.4, -0.2) is 41.1 Å². The molecule has 0 bridgehead atoms. The Balaban J connectivity index is 1.60. The summed E-state index contributed by atoms with van der Waals surface area (Å²) >= 11 is 3.42. The van der Waals surface area contributed by atoms with Crippen LogP contribution in [-0.2, 0) is 16.2 Å². The Labute approximate surface area is 218 Å². The van der Waals surface area contributed by atoms with Crippen LogP contribution < -0.4 is 19.7 Å². The number of anilines is 1. The lowest BCUT2D eigenvalue weighted by Gasteiger charge is -2.26. The molecule has 0 spiro atoms. The summed E-state index contributed by atoms with van der Waals surface area (Å²) in [6.45, 7) is 0.125. The molecule has 10 nitrogen and oxygen atoms in total. The number of imide groups is 2. The van der Waals surface area contributed by atoms with Crippen LogP contribution in [0.1, 0.15) is 21.5 Å². The maximum atomic E-state index is 13.1. The van der Waals surface area contributed by atoms with E-state index in [4.69, 9.17) is 14.6 Å². The van der Waals surface area contributed by atoms with Crippen LogP contribution in [0.25, 0.3) is 6.08 Å². The van der Waals surface area contributed by atoms with E-state index in [-0.39, 0.29) is 29.2 Å². The number of carboxylic acids is 1. The first-order valence-electron chi connectivity index (χ1n) is 10.7. The highest BCUT2D eigenvalue weighted by molar-refractivity contribution is 9.10. The Morgan fingerprint density at radius 3 is 2.35 bits per heavy atom. The summed E-state index contributed by atoms with van der Waals surface area (Å²) in [5.41, 5.74) is 1.20. The van der Waals surface area contributed by atoms with E-state index in [1.807, 2.05) is 0 Å². The molecular weight excluding hydrogens is 548 g/mol. The monoisotopic (exact) mass is 566 g/mol. The molecule has 1 aliphatic heterocycles. The number of methoxy groups -OCH3 is 1. The largest absolute Gasteiger partial charge is 0.508 e. The maximum Gasteiger partial charge on any atom is 0.335 e. The Morgan fingerprint density at radius 2 is 1.73 bits per heavy atom. The molecule has 188 valence electrons. The summed E-state index contributed by atoms with van der Waals surface area (Å²) in [6, 6.07) is 13.9. The van der Waals surface area contributed by atoms with Gasteiger partial charge in [-0.3, -0.25) is 14.9 Å². The lowest BCUT2D eigenvalue weighted by Crippen LogP contribution is -2.54. The van der Waals surface area contributed by atoms with Crippen LogP contribution in [0, 0.1) is 0 Å². The van der Waals surface area contributed by atoms with Gasteiger partial charge in [0, 0.05) is 0 Å². The second kappa shape index (κ2) is 10.5. The zero-order chi connectivity index (χ0) is 26.7. The van der Waals surface area contributed by atoms with Crippen molar-refractivity contribution in [1.29, 1.82) is 0 Å². The van der Waals surface area contributed by atoms with E-state index >= 15 is 0 Å². The van der Waals surface area contributed by atoms with E-state index in [0.29, 0.717) is 21.5 Å². The van der Waals surface area contributed by atoms with Crippen LogP contribution in [0.3, 0.4) is 0 Å². The van der Waals surface area contributed by atoms with Gasteiger partial charge in [0.2, 0.25) is 0 Å². The predicted molar refractivity (Wildman–Crippen MR) is 136 cm³/mol. The third kappa shape index (κ3) is 5.46. The summed E-state index contributed by atoms with van der Waals surface area (Å²) in [5, 5.41) is 20.7. The number of phenolic OH excluding ortho intramolecular Hbond substituents is 1. The quantitative estimate of drug-likeness (QED) is 0.286. The molecule has 0 aliphatic carbocycles. The normalized spacial score (nSPS) is 14.5. The first-order valence-corrected chi connectivity index (χ1v) is 11.5. The number of benzene rings is 3. The van der Waals surface area contributed by atoms with Crippen molar-refractivity contribution in [2.75, 3.05) is 12.0 Å². The van der Waals surface area contributed by atoms with Gasteiger partial charge in [0.15, 0.2) is 11.5 Å². The molecule has 0 unspecified atom stereocenters. The third-order valence-electron chi connectivity index (χ3n) is 5.36. The van der Waals surface area contributed by atoms with Crippen LogP contribution >= 0.6 is 15.9 Å². The molecule has 3 aromatic rings. The van der Waals surface area contributed by atoms with E-state index in [1.54, 1.807) is 24.3 Å². The highest BCUT2D eigenvalue weighted by Gasteiger charge is 2.36. The molecule has 1 saturated heterocycles. The second-order valence-corrected chi connectivity index (χ2v) is 8.65. The van der Waals surface area contributed by atoms with Gasteiger partial charge in [0.1, 0.15) is 17.9 Å². The molecule has 37 heavy (non-hydrogen) atoms. The molecule has 11 heteroatoms. The first-order chi connectivity index (χ1) is 17.7. The van der Waals surface area contributed by atoms with Gasteiger partial charge in [-0.15, -0.1) is 0 Å². The van der Waals surface area contributed by atoms with Crippen LogP contribution in [0.15, 0.2) is 70.7 Å². The van der Waals surface area contributed by atoms with Crippen LogP contribution in [0.4, 0.5) is 10.5 Å². The number of aromatic carboxylic acids is 1. The summed E-state index contributed by atoms with van der Waals surface area (Å²) in [4.78, 5) is 49.7. The Kier molecular flexibility index (Phi) is 7.25. The molecule has 0 radical (unpaired) electrons. The molecule has 0 atom stereocenters. The average Bonchev–Trinajstić information content (AvgIpc) is 2.87. The molecule has 1 fully saturated rings. The summed E-state index contributed by atoms with van der Waals surface area (Å²) < 4.78 is 11.8. The maximum absolute atomic E-state index is 13.1. The van der Waals surface area contributed by atoms with Gasteiger partial charge in [-0.05, 0) is 81.7 Å². The number of hydrogen-bond donors (Lipinski definition) is 3. The number of phenols is 1. The van der Waals surface area contributed by atoms with Gasteiger partial charge >= 0.3 is 12.0 Å². The van der Waals surface area contributed by atoms with Crippen molar-refractivity contribution in [3.63, 3.8) is 0 Å². The highest BCUT2D eigenvalue weighted by Crippen LogP contribution is 2.38. The van der Waals surface area contributed by atoms with Gasteiger partial charge in [0.05, 0.1) is 22.8 Å².